The first-order valence-electron chi connectivity index (χ1n) is 8.13. The van der Waals surface area contributed by atoms with Gasteiger partial charge in [-0.05, 0) is 62.6 Å². The first-order valence-corrected chi connectivity index (χ1v) is 8.13. The maximum absolute atomic E-state index is 12.7. The van der Waals surface area contributed by atoms with Crippen LogP contribution in [0.2, 0.25) is 0 Å². The molecule has 0 amide bonds. The highest BCUT2D eigenvalue weighted by molar-refractivity contribution is 6.03. The van der Waals surface area contributed by atoms with Crippen molar-refractivity contribution in [2.24, 2.45) is 0 Å². The van der Waals surface area contributed by atoms with Gasteiger partial charge in [0.25, 0.3) is 0 Å². The molecular weight excluding hydrogens is 316 g/mol. The van der Waals surface area contributed by atoms with Crippen LogP contribution in [0.1, 0.15) is 44.3 Å². The van der Waals surface area contributed by atoms with E-state index >= 15 is 0 Å². The number of aryl methyl sites for hydroxylation is 3. The number of hydrogen-bond acceptors (Lipinski definition) is 4. The predicted molar refractivity (Wildman–Crippen MR) is 96.0 cm³/mol. The van der Waals surface area contributed by atoms with Crippen molar-refractivity contribution in [2.75, 3.05) is 0 Å². The van der Waals surface area contributed by atoms with Gasteiger partial charge in [-0.3, -0.25) is 9.89 Å². The van der Waals surface area contributed by atoms with Crippen LogP contribution in [0.5, 0.6) is 0 Å². The molecule has 0 spiro atoms. The van der Waals surface area contributed by atoms with E-state index in [1.807, 2.05) is 32.9 Å². The lowest BCUT2D eigenvalue weighted by Crippen LogP contribution is -2.25. The molecule has 0 radical (unpaired) electrons. The molecule has 0 saturated carbocycles. The van der Waals surface area contributed by atoms with Gasteiger partial charge in [-0.15, -0.1) is 0 Å². The van der Waals surface area contributed by atoms with Gasteiger partial charge in [-0.2, -0.15) is 5.10 Å². The summed E-state index contributed by atoms with van der Waals surface area (Å²) < 4.78 is 5.38. The number of ketones is 1. The van der Waals surface area contributed by atoms with E-state index < -0.39 is 12.1 Å². The number of nitrogens with zero attached hydrogens (tertiary/aromatic N) is 1. The summed E-state index contributed by atoms with van der Waals surface area (Å²) in [5.74, 6) is -0.726. The summed E-state index contributed by atoms with van der Waals surface area (Å²) in [6.45, 7) is 7.46. The highest BCUT2D eigenvalue weighted by Gasteiger charge is 2.22. The number of rotatable bonds is 4. The lowest BCUT2D eigenvalue weighted by atomic mass is 9.96. The number of carbonyl (C=O) groups excluding carboxylic acids is 2. The van der Waals surface area contributed by atoms with Gasteiger partial charge in [-0.1, -0.05) is 12.1 Å². The van der Waals surface area contributed by atoms with Crippen molar-refractivity contribution < 1.29 is 14.3 Å². The van der Waals surface area contributed by atoms with Crippen LogP contribution in [0, 0.1) is 20.8 Å². The number of aromatic nitrogens is 2. The zero-order chi connectivity index (χ0) is 18.1. The molecule has 1 atom stereocenters. The number of aromatic amines is 1. The Kier molecular flexibility index (Phi) is 4.40. The van der Waals surface area contributed by atoms with Crippen LogP contribution in [0.25, 0.3) is 10.9 Å². The van der Waals surface area contributed by atoms with E-state index in [2.05, 4.69) is 10.2 Å². The maximum Gasteiger partial charge on any atom is 0.338 e. The number of nitrogens with one attached hydrogen (secondary N) is 1. The lowest BCUT2D eigenvalue weighted by molar-refractivity contribution is 0.0318. The van der Waals surface area contributed by atoms with Crippen molar-refractivity contribution in [1.82, 2.24) is 10.2 Å². The highest BCUT2D eigenvalue weighted by Crippen LogP contribution is 2.19. The summed E-state index contributed by atoms with van der Waals surface area (Å²) in [5.41, 5.74) is 4.78. The Labute approximate surface area is 146 Å². The Morgan fingerprint density at radius 1 is 1.04 bits per heavy atom. The van der Waals surface area contributed by atoms with Crippen LogP contribution in [0.15, 0.2) is 36.5 Å². The van der Waals surface area contributed by atoms with E-state index in [-0.39, 0.29) is 5.78 Å². The van der Waals surface area contributed by atoms with Gasteiger partial charge >= 0.3 is 5.97 Å². The summed E-state index contributed by atoms with van der Waals surface area (Å²) in [7, 11) is 0. The Morgan fingerprint density at radius 2 is 1.76 bits per heavy atom. The van der Waals surface area contributed by atoms with Gasteiger partial charge in [-0.25, -0.2) is 4.79 Å². The molecule has 0 fully saturated rings. The molecule has 0 unspecified atom stereocenters. The first kappa shape index (κ1) is 16.9. The minimum absolute atomic E-state index is 0.198. The van der Waals surface area contributed by atoms with Crippen molar-refractivity contribution in [1.29, 1.82) is 0 Å². The molecule has 0 aliphatic carbocycles. The molecule has 0 aliphatic heterocycles. The normalized spacial score (nSPS) is 12.2. The Bertz CT molecular complexity index is 972. The number of hydrogen-bond donors (Lipinski definition) is 1. The molecule has 0 aliphatic rings. The fourth-order valence-corrected chi connectivity index (χ4v) is 2.79. The van der Waals surface area contributed by atoms with Gasteiger partial charge in [0.2, 0.25) is 5.78 Å². The van der Waals surface area contributed by atoms with Crippen LogP contribution < -0.4 is 0 Å². The minimum Gasteiger partial charge on any atom is -0.451 e. The fourth-order valence-electron chi connectivity index (χ4n) is 2.79. The summed E-state index contributed by atoms with van der Waals surface area (Å²) in [5, 5.41) is 7.64. The van der Waals surface area contributed by atoms with Gasteiger partial charge in [0.1, 0.15) is 0 Å². The van der Waals surface area contributed by atoms with Crippen LogP contribution >= 0.6 is 0 Å². The molecule has 0 saturated heterocycles. The van der Waals surface area contributed by atoms with Crippen LogP contribution in [-0.2, 0) is 4.74 Å². The number of carbonyl (C=O) groups is 2. The van der Waals surface area contributed by atoms with E-state index in [0.29, 0.717) is 11.1 Å². The van der Waals surface area contributed by atoms with E-state index in [1.165, 1.54) is 0 Å². The number of benzene rings is 2. The third-order valence-corrected chi connectivity index (χ3v) is 4.44. The number of H-pyrrole nitrogens is 1. The first-order chi connectivity index (χ1) is 11.9. The zero-order valence-electron chi connectivity index (χ0n) is 14.7. The molecular formula is C20H20N2O3. The second kappa shape index (κ2) is 6.51. The van der Waals surface area contributed by atoms with Crippen LogP contribution in [0.4, 0.5) is 0 Å². The summed E-state index contributed by atoms with van der Waals surface area (Å²) >= 11 is 0. The smallest absolute Gasteiger partial charge is 0.338 e. The number of Topliss-reactive ketones (excluding diaryl/α,β-unsaturated/α-hetero) is 1. The Balaban J connectivity index is 1.78. The maximum atomic E-state index is 12.7. The van der Waals surface area contributed by atoms with E-state index in [0.717, 1.165) is 27.6 Å². The monoisotopic (exact) mass is 336 g/mol. The van der Waals surface area contributed by atoms with Crippen molar-refractivity contribution in [2.45, 2.75) is 33.8 Å². The molecule has 1 aromatic heterocycles. The number of ether oxygens (including phenoxy) is 1. The van der Waals surface area contributed by atoms with Gasteiger partial charge < -0.3 is 4.74 Å². The van der Waals surface area contributed by atoms with Crippen LogP contribution in [0.3, 0.4) is 0 Å². The summed E-state index contributed by atoms with van der Waals surface area (Å²) in [4.78, 5) is 25.0. The van der Waals surface area contributed by atoms with E-state index in [9.17, 15) is 9.59 Å². The lowest BCUT2D eigenvalue weighted by Gasteiger charge is -2.15. The molecule has 1 heterocycles. The molecule has 3 aromatic rings. The summed E-state index contributed by atoms with van der Waals surface area (Å²) in [6, 6.07) is 8.95. The molecule has 1 N–H and O–H groups in total. The predicted octanol–water partition coefficient (Wildman–Crippen LogP) is 3.92. The Morgan fingerprint density at radius 3 is 2.52 bits per heavy atom. The molecule has 128 valence electrons. The van der Waals surface area contributed by atoms with Crippen molar-refractivity contribution in [3.8, 4) is 0 Å². The zero-order valence-corrected chi connectivity index (χ0v) is 14.7. The SMILES string of the molecule is Cc1cc(C)c(C(=O)[C@@H](C)OC(=O)c2ccc3cn[nH]c3c2)cc1C. The van der Waals surface area contributed by atoms with E-state index in [1.54, 1.807) is 31.3 Å². The van der Waals surface area contributed by atoms with E-state index in [4.69, 9.17) is 4.74 Å². The third-order valence-electron chi connectivity index (χ3n) is 4.44. The quantitative estimate of drug-likeness (QED) is 0.579. The molecule has 25 heavy (non-hydrogen) atoms. The van der Waals surface area contributed by atoms with Gasteiger partial charge in [0.15, 0.2) is 6.10 Å². The van der Waals surface area contributed by atoms with Crippen molar-refractivity contribution in [3.05, 3.63) is 64.3 Å². The van der Waals surface area contributed by atoms with Crippen molar-refractivity contribution >= 4 is 22.7 Å². The third kappa shape index (κ3) is 3.31. The average molecular weight is 336 g/mol. The molecule has 3 rings (SSSR count). The molecule has 5 heteroatoms. The molecule has 5 nitrogen and oxygen atoms in total. The number of fused-ring (bicyclic) bond motifs is 1. The number of esters is 1. The fraction of sp³-hybridized carbons (Fsp3) is 0.250. The Hall–Kier alpha value is -2.95. The summed E-state index contributed by atoms with van der Waals surface area (Å²) in [6.07, 6.45) is 0.824. The molecule has 0 bridgehead atoms. The highest BCUT2D eigenvalue weighted by atomic mass is 16.5. The average Bonchev–Trinajstić information content (AvgIpc) is 3.05. The molecule has 2 aromatic carbocycles. The van der Waals surface area contributed by atoms with Crippen LogP contribution in [-0.4, -0.2) is 28.1 Å². The topological polar surface area (TPSA) is 72.1 Å². The van der Waals surface area contributed by atoms with Gasteiger partial charge in [0.05, 0.1) is 17.3 Å². The second-order valence-electron chi connectivity index (χ2n) is 6.34. The van der Waals surface area contributed by atoms with Crippen molar-refractivity contribution in [3.63, 3.8) is 0 Å². The van der Waals surface area contributed by atoms with Gasteiger partial charge in [0, 0.05) is 10.9 Å². The minimum atomic E-state index is -0.856. The largest absolute Gasteiger partial charge is 0.451 e. The second-order valence-corrected chi connectivity index (χ2v) is 6.34. The standard InChI is InChI=1S/C20H20N2O3/c1-11-7-13(3)17(8-12(11)2)19(23)14(4)25-20(24)15-5-6-16-10-21-22-18(16)9-15/h5-10,14H,1-4H3,(H,21,22)/t14-/m1/s1.